The minimum atomic E-state index is 0.664. The Morgan fingerprint density at radius 2 is 1.83 bits per heavy atom. The molecule has 1 aromatic heterocycles. The first-order valence-corrected chi connectivity index (χ1v) is 7.19. The summed E-state index contributed by atoms with van der Waals surface area (Å²) in [6, 6.07) is 5.14. The molecule has 0 unspecified atom stereocenters. The van der Waals surface area contributed by atoms with Crippen molar-refractivity contribution in [3.63, 3.8) is 0 Å². The van der Waals surface area contributed by atoms with Crippen molar-refractivity contribution in [2.75, 3.05) is 31.1 Å². The van der Waals surface area contributed by atoms with Crippen LogP contribution in [0.5, 0.6) is 0 Å². The fraction of sp³-hybridized carbons (Fsp3) is 0.667. The summed E-state index contributed by atoms with van der Waals surface area (Å²) >= 11 is 0. The molecule has 2 fully saturated rings. The molecule has 1 aliphatic carbocycles. The second kappa shape index (κ2) is 4.88. The van der Waals surface area contributed by atoms with E-state index in [0.717, 1.165) is 37.9 Å². The van der Waals surface area contributed by atoms with E-state index in [1.807, 2.05) is 0 Å². The van der Waals surface area contributed by atoms with Crippen molar-refractivity contribution in [1.29, 1.82) is 0 Å². The van der Waals surface area contributed by atoms with E-state index in [0.29, 0.717) is 6.04 Å². The van der Waals surface area contributed by atoms with Crippen molar-refractivity contribution in [3.05, 3.63) is 23.9 Å². The predicted molar refractivity (Wildman–Crippen MR) is 75.1 cm³/mol. The molecule has 0 amide bonds. The van der Waals surface area contributed by atoms with Gasteiger partial charge in [0.25, 0.3) is 0 Å². The molecule has 0 spiro atoms. The van der Waals surface area contributed by atoms with Gasteiger partial charge in [-0.15, -0.1) is 0 Å². The number of rotatable bonds is 3. The first kappa shape index (κ1) is 12.0. The van der Waals surface area contributed by atoms with Gasteiger partial charge in [0.05, 0.1) is 0 Å². The molecule has 2 aliphatic rings. The molecule has 1 saturated carbocycles. The lowest BCUT2D eigenvalue weighted by Crippen LogP contribution is -2.49. The fourth-order valence-electron chi connectivity index (χ4n) is 2.71. The van der Waals surface area contributed by atoms with E-state index in [4.69, 9.17) is 0 Å². The van der Waals surface area contributed by atoms with Gasteiger partial charge < -0.3 is 4.90 Å². The monoisotopic (exact) mass is 245 g/mol. The van der Waals surface area contributed by atoms with Crippen molar-refractivity contribution < 1.29 is 0 Å². The highest BCUT2D eigenvalue weighted by atomic mass is 15.3. The van der Waals surface area contributed by atoms with Gasteiger partial charge >= 0.3 is 0 Å². The smallest absolute Gasteiger partial charge is 0.128 e. The molecule has 18 heavy (non-hydrogen) atoms. The van der Waals surface area contributed by atoms with E-state index >= 15 is 0 Å². The van der Waals surface area contributed by atoms with E-state index in [1.165, 1.54) is 18.4 Å². The Morgan fingerprint density at radius 1 is 1.11 bits per heavy atom. The first-order chi connectivity index (χ1) is 8.74. The molecule has 3 heteroatoms. The molecule has 0 atom stereocenters. The van der Waals surface area contributed by atoms with Crippen molar-refractivity contribution in [3.8, 4) is 0 Å². The van der Waals surface area contributed by atoms with Crippen LogP contribution in [0.1, 0.15) is 38.2 Å². The molecule has 98 valence electrons. The molecule has 0 N–H and O–H groups in total. The Hall–Kier alpha value is -1.09. The second-order valence-electron chi connectivity index (χ2n) is 5.84. The predicted octanol–water partition coefficient (Wildman–Crippen LogP) is 2.49. The van der Waals surface area contributed by atoms with Crippen LogP contribution in [0.4, 0.5) is 5.82 Å². The van der Waals surface area contributed by atoms with Crippen molar-refractivity contribution in [2.45, 2.75) is 38.6 Å². The molecular formula is C15H23N3. The number of hydrogen-bond donors (Lipinski definition) is 0. The lowest BCUT2D eigenvalue weighted by Gasteiger charge is -2.37. The van der Waals surface area contributed by atoms with Crippen LogP contribution in [0.3, 0.4) is 0 Å². The molecule has 3 rings (SSSR count). The molecule has 0 bridgehead atoms. The zero-order valence-electron chi connectivity index (χ0n) is 11.5. The lowest BCUT2D eigenvalue weighted by molar-refractivity contribution is 0.209. The minimum Gasteiger partial charge on any atom is -0.354 e. The number of hydrogen-bond acceptors (Lipinski definition) is 3. The molecule has 1 saturated heterocycles. The Kier molecular flexibility index (Phi) is 3.25. The number of aromatic nitrogens is 1. The minimum absolute atomic E-state index is 0.664. The van der Waals surface area contributed by atoms with E-state index in [2.05, 4.69) is 47.0 Å². The maximum Gasteiger partial charge on any atom is 0.128 e. The fourth-order valence-corrected chi connectivity index (χ4v) is 2.71. The largest absolute Gasteiger partial charge is 0.354 e. The maximum atomic E-state index is 4.64. The Bertz CT molecular complexity index is 387. The van der Waals surface area contributed by atoms with Gasteiger partial charge in [0.1, 0.15) is 5.82 Å². The van der Waals surface area contributed by atoms with Gasteiger partial charge in [-0.3, -0.25) is 4.90 Å². The van der Waals surface area contributed by atoms with Crippen LogP contribution in [-0.2, 0) is 0 Å². The molecule has 3 nitrogen and oxygen atoms in total. The average Bonchev–Trinajstić information content (AvgIpc) is 3.23. The Balaban J connectivity index is 1.61. The summed E-state index contributed by atoms with van der Waals surface area (Å²) < 4.78 is 0. The van der Waals surface area contributed by atoms with Crippen LogP contribution in [0, 0.1) is 0 Å². The summed E-state index contributed by atoms with van der Waals surface area (Å²) in [5, 5.41) is 0. The summed E-state index contributed by atoms with van der Waals surface area (Å²) in [5.41, 5.74) is 1.43. The molecule has 0 radical (unpaired) electrons. The van der Waals surface area contributed by atoms with E-state index in [-0.39, 0.29) is 0 Å². The standard InChI is InChI=1S/C15H23N3/c1-12(2)17-7-9-18(10-8-17)15-6-5-14(11-16-15)13-3-4-13/h5-6,11-13H,3-4,7-10H2,1-2H3. The van der Waals surface area contributed by atoms with Gasteiger partial charge in [-0.2, -0.15) is 0 Å². The molecular weight excluding hydrogens is 222 g/mol. The van der Waals surface area contributed by atoms with E-state index < -0.39 is 0 Å². The summed E-state index contributed by atoms with van der Waals surface area (Å²) in [4.78, 5) is 9.59. The summed E-state index contributed by atoms with van der Waals surface area (Å²) in [6.07, 6.45) is 4.80. The van der Waals surface area contributed by atoms with Crippen LogP contribution in [-0.4, -0.2) is 42.1 Å². The van der Waals surface area contributed by atoms with Crippen molar-refractivity contribution in [2.24, 2.45) is 0 Å². The van der Waals surface area contributed by atoms with Crippen LogP contribution in [0.25, 0.3) is 0 Å². The summed E-state index contributed by atoms with van der Waals surface area (Å²) in [5.74, 6) is 1.96. The lowest BCUT2D eigenvalue weighted by atomic mass is 10.2. The summed E-state index contributed by atoms with van der Waals surface area (Å²) in [7, 11) is 0. The van der Waals surface area contributed by atoms with Crippen molar-refractivity contribution in [1.82, 2.24) is 9.88 Å². The first-order valence-electron chi connectivity index (χ1n) is 7.19. The topological polar surface area (TPSA) is 19.4 Å². The molecule has 1 aromatic rings. The van der Waals surface area contributed by atoms with Gasteiger partial charge in [-0.1, -0.05) is 6.07 Å². The quantitative estimate of drug-likeness (QED) is 0.815. The van der Waals surface area contributed by atoms with Crippen LogP contribution in [0.2, 0.25) is 0 Å². The highest BCUT2D eigenvalue weighted by molar-refractivity contribution is 5.41. The number of nitrogens with zero attached hydrogens (tertiary/aromatic N) is 3. The molecule has 2 heterocycles. The van der Waals surface area contributed by atoms with Crippen LogP contribution in [0.15, 0.2) is 18.3 Å². The second-order valence-corrected chi connectivity index (χ2v) is 5.84. The summed E-state index contributed by atoms with van der Waals surface area (Å²) in [6.45, 7) is 9.08. The number of anilines is 1. The van der Waals surface area contributed by atoms with E-state index in [9.17, 15) is 0 Å². The molecule has 0 aromatic carbocycles. The van der Waals surface area contributed by atoms with Gasteiger partial charge in [-0.25, -0.2) is 4.98 Å². The normalized spacial score (nSPS) is 21.6. The zero-order valence-corrected chi connectivity index (χ0v) is 11.5. The van der Waals surface area contributed by atoms with Gasteiger partial charge in [-0.05, 0) is 44.2 Å². The third kappa shape index (κ3) is 2.51. The van der Waals surface area contributed by atoms with E-state index in [1.54, 1.807) is 0 Å². The maximum absolute atomic E-state index is 4.64. The van der Waals surface area contributed by atoms with Gasteiger partial charge in [0.15, 0.2) is 0 Å². The number of pyridine rings is 1. The highest BCUT2D eigenvalue weighted by Crippen LogP contribution is 2.39. The van der Waals surface area contributed by atoms with Crippen LogP contribution < -0.4 is 4.90 Å². The molecule has 1 aliphatic heterocycles. The number of piperazine rings is 1. The zero-order chi connectivity index (χ0) is 12.5. The van der Waals surface area contributed by atoms with Crippen molar-refractivity contribution >= 4 is 5.82 Å². The third-order valence-electron chi connectivity index (χ3n) is 4.19. The van der Waals surface area contributed by atoms with Gasteiger partial charge in [0.2, 0.25) is 0 Å². The highest BCUT2D eigenvalue weighted by Gasteiger charge is 2.24. The Morgan fingerprint density at radius 3 is 2.33 bits per heavy atom. The SMILES string of the molecule is CC(C)N1CCN(c2ccc(C3CC3)cn2)CC1. The van der Waals surface area contributed by atoms with Crippen LogP contribution >= 0.6 is 0 Å². The average molecular weight is 245 g/mol. The van der Waals surface area contributed by atoms with Gasteiger partial charge in [0, 0.05) is 38.4 Å². The Labute approximate surface area is 110 Å². The third-order valence-corrected chi connectivity index (χ3v) is 4.19.